The van der Waals surface area contributed by atoms with Gasteiger partial charge in [0, 0.05) is 42.5 Å². The molecule has 6 aromatic carbocycles. The standard InChI is InChI=1S/C30H17NS/c1-3-11-19-17(9-1)18-10-2-4-12-20(18)26-25(19)27-21-13-5-7-15-23(21)31-29(27)30-28(26)22-14-6-8-16-24(22)32-30/h1-16,31H. The lowest BCUT2D eigenvalue weighted by Gasteiger charge is -2.13. The molecule has 2 heterocycles. The Morgan fingerprint density at radius 2 is 0.969 bits per heavy atom. The number of nitrogens with one attached hydrogen (secondary N) is 1. The van der Waals surface area contributed by atoms with Gasteiger partial charge in [0.1, 0.15) is 0 Å². The molecule has 0 fully saturated rings. The summed E-state index contributed by atoms with van der Waals surface area (Å²) < 4.78 is 2.69. The third kappa shape index (κ3) is 1.94. The van der Waals surface area contributed by atoms with Gasteiger partial charge in [-0.2, -0.15) is 0 Å². The van der Waals surface area contributed by atoms with Gasteiger partial charge >= 0.3 is 0 Å². The smallest absolute Gasteiger partial charge is 0.0653 e. The lowest BCUT2D eigenvalue weighted by atomic mass is 9.89. The molecule has 2 heteroatoms. The zero-order valence-corrected chi connectivity index (χ0v) is 18.0. The Balaban J connectivity index is 1.89. The Kier molecular flexibility index (Phi) is 3.08. The molecule has 0 aliphatic carbocycles. The molecule has 0 radical (unpaired) electrons. The van der Waals surface area contributed by atoms with Crippen LogP contribution in [0.4, 0.5) is 0 Å². The molecule has 0 saturated heterocycles. The molecule has 0 atom stereocenters. The molecule has 0 bridgehead atoms. The highest BCUT2D eigenvalue weighted by molar-refractivity contribution is 7.27. The van der Waals surface area contributed by atoms with Gasteiger partial charge < -0.3 is 4.98 Å². The van der Waals surface area contributed by atoms with Gasteiger partial charge in [-0.25, -0.2) is 0 Å². The first-order chi connectivity index (χ1) is 15.9. The highest BCUT2D eigenvalue weighted by Gasteiger charge is 2.21. The predicted molar refractivity (Wildman–Crippen MR) is 141 cm³/mol. The van der Waals surface area contributed by atoms with E-state index in [0.29, 0.717) is 0 Å². The van der Waals surface area contributed by atoms with Crippen molar-refractivity contribution in [2.75, 3.05) is 0 Å². The van der Waals surface area contributed by atoms with Crippen molar-refractivity contribution < 1.29 is 0 Å². The summed E-state index contributed by atoms with van der Waals surface area (Å²) in [6, 6.07) is 35.4. The third-order valence-electron chi connectivity index (χ3n) is 6.96. The van der Waals surface area contributed by atoms with Crippen molar-refractivity contribution in [1.82, 2.24) is 4.98 Å². The van der Waals surface area contributed by atoms with E-state index < -0.39 is 0 Å². The van der Waals surface area contributed by atoms with Crippen molar-refractivity contribution in [2.24, 2.45) is 0 Å². The molecule has 0 aliphatic heterocycles. The van der Waals surface area contributed by atoms with Crippen LogP contribution in [0.3, 0.4) is 0 Å². The molecule has 8 aromatic rings. The average molecular weight is 424 g/mol. The summed E-state index contributed by atoms with van der Waals surface area (Å²) in [5.41, 5.74) is 2.46. The van der Waals surface area contributed by atoms with E-state index >= 15 is 0 Å². The van der Waals surface area contributed by atoms with Gasteiger partial charge in [-0.05, 0) is 33.7 Å². The molecule has 0 saturated carbocycles. The van der Waals surface area contributed by atoms with Gasteiger partial charge in [0.15, 0.2) is 0 Å². The number of hydrogen-bond acceptors (Lipinski definition) is 1. The summed E-state index contributed by atoms with van der Waals surface area (Å²) in [6.45, 7) is 0. The summed E-state index contributed by atoms with van der Waals surface area (Å²) >= 11 is 1.90. The van der Waals surface area contributed by atoms with Crippen LogP contribution in [0.2, 0.25) is 0 Å². The van der Waals surface area contributed by atoms with Crippen LogP contribution in [0, 0.1) is 0 Å². The van der Waals surface area contributed by atoms with Crippen molar-refractivity contribution in [3.8, 4) is 0 Å². The first-order valence-electron chi connectivity index (χ1n) is 11.0. The van der Waals surface area contributed by atoms with Crippen molar-refractivity contribution in [3.63, 3.8) is 0 Å². The number of thiophene rings is 1. The Morgan fingerprint density at radius 3 is 1.69 bits per heavy atom. The molecule has 0 amide bonds. The Morgan fingerprint density at radius 1 is 0.438 bits per heavy atom. The van der Waals surface area contributed by atoms with Crippen LogP contribution in [-0.4, -0.2) is 4.98 Å². The summed E-state index contributed by atoms with van der Waals surface area (Å²) in [5.74, 6) is 0. The number of para-hydroxylation sites is 1. The maximum absolute atomic E-state index is 3.80. The van der Waals surface area contributed by atoms with E-state index in [9.17, 15) is 0 Å². The minimum atomic E-state index is 1.20. The van der Waals surface area contributed by atoms with E-state index in [4.69, 9.17) is 0 Å². The lowest BCUT2D eigenvalue weighted by molar-refractivity contribution is 1.57. The summed E-state index contributed by atoms with van der Waals surface area (Å²) in [5, 5.41) is 13.4. The van der Waals surface area contributed by atoms with Crippen LogP contribution in [-0.2, 0) is 0 Å². The van der Waals surface area contributed by atoms with Crippen molar-refractivity contribution >= 4 is 85.6 Å². The highest BCUT2D eigenvalue weighted by Crippen LogP contribution is 2.49. The molecule has 2 aromatic heterocycles. The lowest BCUT2D eigenvalue weighted by Crippen LogP contribution is -1.85. The van der Waals surface area contributed by atoms with E-state index in [1.165, 1.54) is 74.3 Å². The summed E-state index contributed by atoms with van der Waals surface area (Å²) in [4.78, 5) is 3.80. The quantitative estimate of drug-likeness (QED) is 0.234. The fourth-order valence-electron chi connectivity index (χ4n) is 5.70. The van der Waals surface area contributed by atoms with Crippen molar-refractivity contribution in [1.29, 1.82) is 0 Å². The van der Waals surface area contributed by atoms with E-state index in [1.807, 2.05) is 11.3 Å². The summed E-state index contributed by atoms with van der Waals surface area (Å²) in [6.07, 6.45) is 0. The van der Waals surface area contributed by atoms with Gasteiger partial charge in [0.05, 0.1) is 10.2 Å². The summed E-state index contributed by atoms with van der Waals surface area (Å²) in [7, 11) is 0. The SMILES string of the molecule is c1ccc2c(c1)[nH]c1c3sc4ccccc4c3c3c4ccccc4c4ccccc4c3c21. The normalized spacial score (nSPS) is 12.4. The molecule has 0 unspecified atom stereocenters. The number of aromatic nitrogens is 1. The molecule has 0 spiro atoms. The first-order valence-corrected chi connectivity index (χ1v) is 11.8. The second kappa shape index (κ2) is 5.87. The van der Waals surface area contributed by atoms with Crippen LogP contribution < -0.4 is 0 Å². The van der Waals surface area contributed by atoms with Gasteiger partial charge in [-0.1, -0.05) is 84.9 Å². The van der Waals surface area contributed by atoms with E-state index in [0.717, 1.165) is 0 Å². The van der Waals surface area contributed by atoms with E-state index in [2.05, 4.69) is 102 Å². The van der Waals surface area contributed by atoms with Crippen LogP contribution in [0.15, 0.2) is 97.1 Å². The number of fused-ring (bicyclic) bond motifs is 15. The van der Waals surface area contributed by atoms with E-state index in [-0.39, 0.29) is 0 Å². The Hall–Kier alpha value is -3.88. The minimum Gasteiger partial charge on any atom is -0.353 e. The zero-order valence-electron chi connectivity index (χ0n) is 17.1. The number of H-pyrrole nitrogens is 1. The highest BCUT2D eigenvalue weighted by atomic mass is 32.1. The second-order valence-corrected chi connectivity index (χ2v) is 9.62. The topological polar surface area (TPSA) is 15.8 Å². The largest absolute Gasteiger partial charge is 0.353 e. The molecule has 1 N–H and O–H groups in total. The Labute approximate surface area is 187 Å². The van der Waals surface area contributed by atoms with Crippen molar-refractivity contribution in [3.05, 3.63) is 97.1 Å². The maximum atomic E-state index is 3.80. The third-order valence-corrected chi connectivity index (χ3v) is 8.15. The van der Waals surface area contributed by atoms with Crippen molar-refractivity contribution in [2.45, 2.75) is 0 Å². The minimum absolute atomic E-state index is 1.20. The number of hydrogen-bond donors (Lipinski definition) is 1. The molecular weight excluding hydrogens is 406 g/mol. The van der Waals surface area contributed by atoms with Gasteiger partial charge in [0.25, 0.3) is 0 Å². The molecule has 32 heavy (non-hydrogen) atoms. The van der Waals surface area contributed by atoms with Crippen LogP contribution >= 0.6 is 11.3 Å². The number of aromatic amines is 1. The molecule has 148 valence electrons. The Bertz CT molecular complexity index is 1890. The van der Waals surface area contributed by atoms with Crippen LogP contribution in [0.1, 0.15) is 0 Å². The fraction of sp³-hybridized carbons (Fsp3) is 0. The van der Waals surface area contributed by atoms with E-state index in [1.54, 1.807) is 0 Å². The predicted octanol–water partition coefficient (Wildman–Crippen LogP) is 9.15. The number of benzene rings is 6. The van der Waals surface area contributed by atoms with Gasteiger partial charge in [-0.15, -0.1) is 11.3 Å². The van der Waals surface area contributed by atoms with Crippen LogP contribution in [0.25, 0.3) is 74.3 Å². The second-order valence-electron chi connectivity index (χ2n) is 8.56. The van der Waals surface area contributed by atoms with Crippen LogP contribution in [0.5, 0.6) is 0 Å². The fourth-order valence-corrected chi connectivity index (χ4v) is 6.92. The molecule has 8 rings (SSSR count). The average Bonchev–Trinajstić information content (AvgIpc) is 3.43. The zero-order chi connectivity index (χ0) is 20.8. The molecule has 0 aliphatic rings. The van der Waals surface area contributed by atoms with Gasteiger partial charge in [0.2, 0.25) is 0 Å². The first kappa shape index (κ1) is 16.8. The maximum Gasteiger partial charge on any atom is 0.0653 e. The van der Waals surface area contributed by atoms with Gasteiger partial charge in [-0.3, -0.25) is 0 Å². The molecular formula is C30H17NS. The number of rotatable bonds is 0. The molecule has 1 nitrogen and oxygen atoms in total. The monoisotopic (exact) mass is 423 g/mol.